The van der Waals surface area contributed by atoms with Crippen molar-refractivity contribution in [2.45, 2.75) is 31.7 Å². The van der Waals surface area contributed by atoms with Crippen molar-refractivity contribution >= 4 is 17.8 Å². The van der Waals surface area contributed by atoms with E-state index in [9.17, 15) is 4.79 Å². The number of aromatic nitrogens is 4. The number of carbonyl (C=O) groups is 1. The van der Waals surface area contributed by atoms with Gasteiger partial charge in [0.1, 0.15) is 0 Å². The minimum atomic E-state index is 0.172. The van der Waals surface area contributed by atoms with Crippen LogP contribution in [-0.2, 0) is 4.79 Å². The van der Waals surface area contributed by atoms with E-state index in [1.165, 1.54) is 12.8 Å². The van der Waals surface area contributed by atoms with Crippen LogP contribution in [0.25, 0.3) is 11.3 Å². The number of amides is 1. The third-order valence-electron chi connectivity index (χ3n) is 7.05. The zero-order chi connectivity index (χ0) is 19.0. The lowest BCUT2D eigenvalue weighted by molar-refractivity contribution is -0.128. The summed E-state index contributed by atoms with van der Waals surface area (Å²) < 4.78 is 0. The van der Waals surface area contributed by atoms with E-state index >= 15 is 0 Å². The van der Waals surface area contributed by atoms with Gasteiger partial charge in [0.05, 0.1) is 11.4 Å². The second-order valence-corrected chi connectivity index (χ2v) is 8.73. The molecule has 2 N–H and O–H groups in total. The number of likely N-dealkylation sites (tertiary alicyclic amines) is 1. The SMILES string of the molecule is CC(=O)N1C[C@@H]2C(c3cc(-c4cnc(N)nc4)nc(N4CC5CC4C5)n3)[C@@H]2C1. The summed E-state index contributed by atoms with van der Waals surface area (Å²) in [4.78, 5) is 34.1. The molecular formula is C20H23N7O. The Morgan fingerprint density at radius 3 is 2.43 bits per heavy atom. The highest BCUT2D eigenvalue weighted by molar-refractivity contribution is 5.74. The summed E-state index contributed by atoms with van der Waals surface area (Å²) in [6.07, 6.45) is 5.98. The lowest BCUT2D eigenvalue weighted by atomic mass is 9.86. The number of hydrogen-bond donors (Lipinski definition) is 1. The molecule has 8 nitrogen and oxygen atoms in total. The molecule has 0 aromatic carbocycles. The molecule has 144 valence electrons. The third-order valence-corrected chi connectivity index (χ3v) is 7.05. The normalized spacial score (nSPS) is 32.2. The molecule has 2 aromatic rings. The van der Waals surface area contributed by atoms with Crippen LogP contribution >= 0.6 is 0 Å². The molecule has 28 heavy (non-hydrogen) atoms. The van der Waals surface area contributed by atoms with Gasteiger partial charge >= 0.3 is 0 Å². The van der Waals surface area contributed by atoms with E-state index in [-0.39, 0.29) is 11.9 Å². The molecule has 1 amide bonds. The van der Waals surface area contributed by atoms with Gasteiger partial charge in [0.2, 0.25) is 17.8 Å². The van der Waals surface area contributed by atoms with E-state index in [2.05, 4.69) is 20.9 Å². The third kappa shape index (κ3) is 2.40. The molecule has 2 aliphatic carbocycles. The van der Waals surface area contributed by atoms with Crippen molar-refractivity contribution in [1.82, 2.24) is 24.8 Å². The van der Waals surface area contributed by atoms with Gasteiger partial charge in [-0.3, -0.25) is 4.79 Å². The number of anilines is 2. The molecule has 7 rings (SSSR count). The molecule has 1 unspecified atom stereocenters. The molecule has 5 aliphatic rings. The van der Waals surface area contributed by atoms with Crippen LogP contribution in [0, 0.1) is 17.8 Å². The molecule has 5 fully saturated rings. The van der Waals surface area contributed by atoms with E-state index in [1.807, 2.05) is 4.90 Å². The summed E-state index contributed by atoms with van der Waals surface area (Å²) in [5.41, 5.74) is 8.47. The molecule has 0 spiro atoms. The van der Waals surface area contributed by atoms with Crippen LogP contribution in [-0.4, -0.2) is 56.4 Å². The van der Waals surface area contributed by atoms with Gasteiger partial charge in [0, 0.05) is 56.5 Å². The number of carbonyl (C=O) groups excluding carboxylic acids is 1. The van der Waals surface area contributed by atoms with Crippen molar-refractivity contribution < 1.29 is 4.79 Å². The van der Waals surface area contributed by atoms with Crippen LogP contribution < -0.4 is 10.6 Å². The number of nitrogen functional groups attached to an aromatic ring is 1. The van der Waals surface area contributed by atoms with Crippen molar-refractivity contribution in [3.05, 3.63) is 24.2 Å². The van der Waals surface area contributed by atoms with Gasteiger partial charge < -0.3 is 15.5 Å². The maximum absolute atomic E-state index is 11.7. The van der Waals surface area contributed by atoms with E-state index < -0.39 is 0 Å². The summed E-state index contributed by atoms with van der Waals surface area (Å²) in [7, 11) is 0. The monoisotopic (exact) mass is 377 g/mol. The topological polar surface area (TPSA) is 101 Å². The van der Waals surface area contributed by atoms with Crippen LogP contribution in [0.4, 0.5) is 11.9 Å². The maximum Gasteiger partial charge on any atom is 0.226 e. The Hall–Kier alpha value is -2.77. The first-order valence-corrected chi connectivity index (χ1v) is 10.1. The van der Waals surface area contributed by atoms with Crippen molar-refractivity contribution in [1.29, 1.82) is 0 Å². The van der Waals surface area contributed by atoms with Crippen LogP contribution in [0.5, 0.6) is 0 Å². The number of fused-ring (bicyclic) bond motifs is 2. The van der Waals surface area contributed by atoms with Crippen LogP contribution in [0.3, 0.4) is 0 Å². The Bertz CT molecular complexity index is 944. The number of nitrogens with zero attached hydrogens (tertiary/aromatic N) is 6. The first kappa shape index (κ1) is 16.2. The van der Waals surface area contributed by atoms with Crippen LogP contribution in [0.15, 0.2) is 18.5 Å². The average Bonchev–Trinajstić information content (AvgIpc) is 3.08. The standard InChI is InChI=1S/C20H23N7O/c1-10(28)26-8-14-15(9-26)18(14)17-4-16(12-5-22-19(21)23-6-12)24-20(25-17)27-7-11-2-13(27)3-11/h4-6,11,13-15,18H,2-3,7-9H2,1H3,(H2,21,22,23)/t11?,13?,14-,15+,18?. The quantitative estimate of drug-likeness (QED) is 0.860. The van der Waals surface area contributed by atoms with Gasteiger partial charge in [0.25, 0.3) is 0 Å². The lowest BCUT2D eigenvalue weighted by Gasteiger charge is -2.26. The molecule has 5 heterocycles. The summed E-state index contributed by atoms with van der Waals surface area (Å²) >= 11 is 0. The molecule has 3 saturated heterocycles. The maximum atomic E-state index is 11.7. The van der Waals surface area contributed by atoms with E-state index in [4.69, 9.17) is 15.7 Å². The van der Waals surface area contributed by atoms with Crippen molar-refractivity contribution in [2.24, 2.45) is 17.8 Å². The first-order valence-electron chi connectivity index (χ1n) is 10.1. The van der Waals surface area contributed by atoms with Gasteiger partial charge in [-0.1, -0.05) is 0 Å². The number of hydrogen-bond acceptors (Lipinski definition) is 7. The molecule has 0 radical (unpaired) electrons. The van der Waals surface area contributed by atoms with Gasteiger partial charge in [-0.25, -0.2) is 19.9 Å². The number of piperidine rings is 1. The fourth-order valence-electron chi connectivity index (χ4n) is 5.37. The average molecular weight is 377 g/mol. The zero-order valence-corrected chi connectivity index (χ0v) is 15.8. The molecule has 2 saturated carbocycles. The van der Waals surface area contributed by atoms with Gasteiger partial charge in [0.15, 0.2) is 0 Å². The minimum absolute atomic E-state index is 0.172. The summed E-state index contributed by atoms with van der Waals surface area (Å²) in [5, 5.41) is 0. The molecule has 2 aromatic heterocycles. The lowest BCUT2D eigenvalue weighted by Crippen LogP contribution is -2.30. The van der Waals surface area contributed by atoms with E-state index in [0.717, 1.165) is 48.5 Å². The molecular weight excluding hydrogens is 354 g/mol. The summed E-state index contributed by atoms with van der Waals surface area (Å²) in [6, 6.07) is 2.67. The van der Waals surface area contributed by atoms with Gasteiger partial charge in [-0.05, 0) is 36.7 Å². The Kier molecular flexibility index (Phi) is 3.25. The van der Waals surface area contributed by atoms with Gasteiger partial charge in [-0.15, -0.1) is 0 Å². The van der Waals surface area contributed by atoms with Crippen molar-refractivity contribution in [2.75, 3.05) is 30.3 Å². The second-order valence-electron chi connectivity index (χ2n) is 8.73. The predicted octanol–water partition coefficient (Wildman–Crippen LogP) is 1.31. The smallest absolute Gasteiger partial charge is 0.226 e. The summed E-state index contributed by atoms with van der Waals surface area (Å²) in [5.74, 6) is 3.53. The Morgan fingerprint density at radius 2 is 1.82 bits per heavy atom. The van der Waals surface area contributed by atoms with Crippen LogP contribution in [0.1, 0.15) is 31.4 Å². The fourth-order valence-corrected chi connectivity index (χ4v) is 5.37. The first-order chi connectivity index (χ1) is 13.6. The molecule has 2 bridgehead atoms. The van der Waals surface area contributed by atoms with Crippen molar-refractivity contribution in [3.63, 3.8) is 0 Å². The molecule has 3 atom stereocenters. The largest absolute Gasteiger partial charge is 0.368 e. The van der Waals surface area contributed by atoms with E-state index in [1.54, 1.807) is 19.3 Å². The predicted molar refractivity (Wildman–Crippen MR) is 103 cm³/mol. The van der Waals surface area contributed by atoms with Crippen LogP contribution in [0.2, 0.25) is 0 Å². The Balaban J connectivity index is 1.35. The highest BCUT2D eigenvalue weighted by Gasteiger charge is 2.58. The zero-order valence-electron chi connectivity index (χ0n) is 15.8. The highest BCUT2D eigenvalue weighted by Crippen LogP contribution is 2.58. The highest BCUT2D eigenvalue weighted by atomic mass is 16.2. The second kappa shape index (κ2) is 5.62. The Labute approximate surface area is 163 Å². The minimum Gasteiger partial charge on any atom is -0.368 e. The van der Waals surface area contributed by atoms with Crippen molar-refractivity contribution in [3.8, 4) is 11.3 Å². The summed E-state index contributed by atoms with van der Waals surface area (Å²) in [6.45, 7) is 4.40. The number of rotatable bonds is 3. The van der Waals surface area contributed by atoms with Gasteiger partial charge in [-0.2, -0.15) is 0 Å². The molecule has 3 aliphatic heterocycles. The Morgan fingerprint density at radius 1 is 1.11 bits per heavy atom. The number of nitrogens with two attached hydrogens (primary N) is 1. The fraction of sp³-hybridized carbons (Fsp3) is 0.550. The molecule has 8 heteroatoms. The van der Waals surface area contributed by atoms with E-state index in [0.29, 0.717) is 23.8 Å².